The minimum absolute atomic E-state index is 0.290. The van der Waals surface area contributed by atoms with E-state index in [4.69, 9.17) is 10.5 Å². The highest BCUT2D eigenvalue weighted by Gasteiger charge is 2.46. The zero-order chi connectivity index (χ0) is 19.4. The van der Waals surface area contributed by atoms with Crippen molar-refractivity contribution in [2.24, 2.45) is 5.73 Å². The first-order chi connectivity index (χ1) is 13.0. The van der Waals surface area contributed by atoms with Crippen LogP contribution in [0.2, 0.25) is 0 Å². The number of primary amides is 1. The van der Waals surface area contributed by atoms with Crippen molar-refractivity contribution in [2.45, 2.75) is 43.7 Å². The summed E-state index contributed by atoms with van der Waals surface area (Å²) < 4.78 is 5.05. The Morgan fingerprint density at radius 1 is 1.19 bits per heavy atom. The number of hydrogen-bond donors (Lipinski definition) is 2. The molecule has 1 atom stereocenters. The number of hydrogen-bond acceptors (Lipinski definition) is 6. The molecule has 0 aliphatic carbocycles. The molecule has 0 saturated carbocycles. The van der Waals surface area contributed by atoms with Crippen LogP contribution >= 0.6 is 0 Å². The lowest BCUT2D eigenvalue weighted by Gasteiger charge is -2.49. The number of aliphatic carboxylic acids is 1. The molecular formula is C19H28N4O4. The van der Waals surface area contributed by atoms with Gasteiger partial charge in [-0.1, -0.05) is 6.42 Å². The van der Waals surface area contributed by atoms with Gasteiger partial charge in [0.05, 0.1) is 7.11 Å². The summed E-state index contributed by atoms with van der Waals surface area (Å²) in [5, 5.41) is 9.79. The van der Waals surface area contributed by atoms with Crippen LogP contribution in [-0.2, 0) is 9.59 Å². The highest BCUT2D eigenvalue weighted by Crippen LogP contribution is 2.35. The monoisotopic (exact) mass is 376 g/mol. The number of nitrogens with zero attached hydrogens (tertiary/aromatic N) is 3. The maximum atomic E-state index is 12.3. The van der Waals surface area contributed by atoms with Gasteiger partial charge in [-0.2, -0.15) is 0 Å². The van der Waals surface area contributed by atoms with Gasteiger partial charge >= 0.3 is 5.97 Å². The second-order valence-electron chi connectivity index (χ2n) is 7.35. The molecule has 0 spiro atoms. The van der Waals surface area contributed by atoms with E-state index in [2.05, 4.69) is 9.88 Å². The van der Waals surface area contributed by atoms with Crippen molar-refractivity contribution in [3.05, 3.63) is 23.9 Å². The Morgan fingerprint density at radius 3 is 2.33 bits per heavy atom. The SMILES string of the molecule is COc1ccc([C@@H](C(=O)O)N2CCC(C(N)=O)(N3CCCCC3)CC2)cn1. The minimum Gasteiger partial charge on any atom is -0.481 e. The first-order valence-electron chi connectivity index (χ1n) is 9.50. The molecule has 0 aromatic carbocycles. The normalized spacial score (nSPS) is 22.1. The van der Waals surface area contributed by atoms with Gasteiger partial charge in [-0.3, -0.25) is 19.4 Å². The molecule has 2 saturated heterocycles. The van der Waals surface area contributed by atoms with E-state index in [0.29, 0.717) is 37.4 Å². The van der Waals surface area contributed by atoms with Crippen molar-refractivity contribution < 1.29 is 19.4 Å². The molecule has 148 valence electrons. The number of nitrogens with two attached hydrogens (primary N) is 1. The fourth-order valence-electron chi connectivity index (χ4n) is 4.38. The van der Waals surface area contributed by atoms with Crippen molar-refractivity contribution in [2.75, 3.05) is 33.3 Å². The number of carboxylic acids is 1. The fraction of sp³-hybridized carbons (Fsp3) is 0.632. The highest BCUT2D eigenvalue weighted by atomic mass is 16.5. The average molecular weight is 376 g/mol. The molecule has 1 aromatic heterocycles. The maximum Gasteiger partial charge on any atom is 0.325 e. The Kier molecular flexibility index (Phi) is 5.96. The Morgan fingerprint density at radius 2 is 1.85 bits per heavy atom. The van der Waals surface area contributed by atoms with Crippen LogP contribution < -0.4 is 10.5 Å². The van der Waals surface area contributed by atoms with Gasteiger partial charge in [0.15, 0.2) is 0 Å². The predicted octanol–water partition coefficient (Wildman–Crippen LogP) is 1.02. The van der Waals surface area contributed by atoms with E-state index in [1.807, 2.05) is 4.90 Å². The summed E-state index contributed by atoms with van der Waals surface area (Å²) >= 11 is 0. The van der Waals surface area contributed by atoms with Crippen molar-refractivity contribution >= 4 is 11.9 Å². The summed E-state index contributed by atoms with van der Waals surface area (Å²) in [7, 11) is 1.52. The molecule has 2 fully saturated rings. The topological polar surface area (TPSA) is 109 Å². The van der Waals surface area contributed by atoms with Crippen molar-refractivity contribution in [1.82, 2.24) is 14.8 Å². The van der Waals surface area contributed by atoms with Crippen LogP contribution in [-0.4, -0.2) is 70.6 Å². The zero-order valence-electron chi connectivity index (χ0n) is 15.8. The third-order valence-electron chi connectivity index (χ3n) is 5.93. The van der Waals surface area contributed by atoms with Gasteiger partial charge in [0.1, 0.15) is 11.6 Å². The number of likely N-dealkylation sites (tertiary alicyclic amines) is 2. The van der Waals surface area contributed by atoms with Crippen LogP contribution in [0.15, 0.2) is 18.3 Å². The predicted molar refractivity (Wildman–Crippen MR) is 99.3 cm³/mol. The molecule has 0 bridgehead atoms. The van der Waals surface area contributed by atoms with Gasteiger partial charge in [0.2, 0.25) is 11.8 Å². The lowest BCUT2D eigenvalue weighted by molar-refractivity contribution is -0.146. The molecule has 0 unspecified atom stereocenters. The molecule has 0 radical (unpaired) electrons. The second-order valence-corrected chi connectivity index (χ2v) is 7.35. The minimum atomic E-state index is -0.925. The molecule has 1 aromatic rings. The lowest BCUT2D eigenvalue weighted by atomic mass is 9.82. The number of carbonyl (C=O) groups is 2. The Bertz CT molecular complexity index is 665. The summed E-state index contributed by atoms with van der Waals surface area (Å²) in [6.45, 7) is 2.77. The average Bonchev–Trinajstić information content (AvgIpc) is 2.69. The van der Waals surface area contributed by atoms with E-state index in [1.165, 1.54) is 19.7 Å². The molecule has 3 rings (SSSR count). The summed E-state index contributed by atoms with van der Waals surface area (Å²) in [4.78, 5) is 32.6. The van der Waals surface area contributed by atoms with E-state index in [9.17, 15) is 14.7 Å². The van der Waals surface area contributed by atoms with Crippen molar-refractivity contribution in [1.29, 1.82) is 0 Å². The maximum absolute atomic E-state index is 12.3. The van der Waals surface area contributed by atoms with Crippen LogP contribution in [0.5, 0.6) is 5.88 Å². The number of carboxylic acid groups (broad SMARTS) is 1. The van der Waals surface area contributed by atoms with Crippen LogP contribution in [0, 0.1) is 0 Å². The number of rotatable bonds is 6. The summed E-state index contributed by atoms with van der Waals surface area (Å²) in [5.41, 5.74) is 5.77. The second kappa shape index (κ2) is 8.22. The van der Waals surface area contributed by atoms with Gasteiger partial charge in [0, 0.05) is 25.4 Å². The smallest absolute Gasteiger partial charge is 0.325 e. The quantitative estimate of drug-likeness (QED) is 0.763. The van der Waals surface area contributed by atoms with E-state index in [1.54, 1.807) is 12.1 Å². The van der Waals surface area contributed by atoms with Gasteiger partial charge in [-0.15, -0.1) is 0 Å². The molecule has 8 heteroatoms. The lowest BCUT2D eigenvalue weighted by Crippen LogP contribution is -2.63. The largest absolute Gasteiger partial charge is 0.481 e. The number of methoxy groups -OCH3 is 1. The molecule has 8 nitrogen and oxygen atoms in total. The van der Waals surface area contributed by atoms with Gasteiger partial charge < -0.3 is 15.6 Å². The van der Waals surface area contributed by atoms with E-state index >= 15 is 0 Å². The molecule has 3 heterocycles. The number of piperidine rings is 2. The Labute approximate surface area is 159 Å². The highest BCUT2D eigenvalue weighted by molar-refractivity contribution is 5.85. The van der Waals surface area contributed by atoms with E-state index < -0.39 is 17.6 Å². The zero-order valence-corrected chi connectivity index (χ0v) is 15.8. The third-order valence-corrected chi connectivity index (χ3v) is 5.93. The first-order valence-corrected chi connectivity index (χ1v) is 9.50. The number of amides is 1. The number of carbonyl (C=O) groups excluding carboxylic acids is 1. The summed E-state index contributed by atoms with van der Waals surface area (Å²) in [6.07, 6.45) is 5.98. The Hall–Kier alpha value is -2.19. The van der Waals surface area contributed by atoms with Gasteiger partial charge in [0.25, 0.3) is 0 Å². The van der Waals surface area contributed by atoms with Gasteiger partial charge in [-0.25, -0.2) is 4.98 Å². The van der Waals surface area contributed by atoms with Crippen LogP contribution in [0.25, 0.3) is 0 Å². The summed E-state index contributed by atoms with van der Waals surface area (Å²) in [6, 6.07) is 2.60. The van der Waals surface area contributed by atoms with Crippen LogP contribution in [0.4, 0.5) is 0 Å². The van der Waals surface area contributed by atoms with E-state index in [0.717, 1.165) is 25.9 Å². The number of aromatic nitrogens is 1. The molecule has 3 N–H and O–H groups in total. The first kappa shape index (κ1) is 19.6. The Balaban J connectivity index is 1.76. The van der Waals surface area contributed by atoms with Crippen LogP contribution in [0.1, 0.15) is 43.7 Å². The fourth-order valence-corrected chi connectivity index (χ4v) is 4.38. The number of pyridine rings is 1. The van der Waals surface area contributed by atoms with E-state index in [-0.39, 0.29) is 5.91 Å². The molecule has 2 aliphatic heterocycles. The molecule has 27 heavy (non-hydrogen) atoms. The third kappa shape index (κ3) is 3.91. The van der Waals surface area contributed by atoms with Crippen molar-refractivity contribution in [3.8, 4) is 5.88 Å². The van der Waals surface area contributed by atoms with Crippen LogP contribution in [0.3, 0.4) is 0 Å². The van der Waals surface area contributed by atoms with Gasteiger partial charge in [-0.05, 0) is 50.4 Å². The molecular weight excluding hydrogens is 348 g/mol. The molecule has 1 amide bonds. The standard InChI is InChI=1S/C19H28N4O4/c1-27-15-6-5-14(13-21-15)16(17(24)25)22-11-7-19(8-12-22,18(20)26)23-9-3-2-4-10-23/h5-6,13,16H,2-4,7-12H2,1H3,(H2,20,26)(H,24,25)/t16-/m0/s1. The molecule has 2 aliphatic rings. The van der Waals surface area contributed by atoms with Crippen molar-refractivity contribution in [3.63, 3.8) is 0 Å². The summed E-state index contributed by atoms with van der Waals surface area (Å²) in [5.74, 6) is -0.770. The number of ether oxygens (including phenoxy) is 1.